The standard InChI is InChI=1S/C22H39N3O2/c1-2-3-4-5-6-7-8-9-10-11-12-13-14-15-21-24-17-19-25(21,18-16-23)20-22(26)27/h2,17,19H,1,3-16,18,20,23H2. The lowest BCUT2D eigenvalue weighted by molar-refractivity contribution is -0.780. The van der Waals surface area contributed by atoms with Crippen molar-refractivity contribution in [2.24, 2.45) is 10.7 Å². The van der Waals surface area contributed by atoms with Crippen LogP contribution in [0.3, 0.4) is 0 Å². The molecule has 0 aliphatic carbocycles. The molecule has 1 atom stereocenters. The molecule has 1 heterocycles. The van der Waals surface area contributed by atoms with Crippen LogP contribution < -0.4 is 10.8 Å². The first kappa shape index (κ1) is 23.6. The number of carboxylic acid groups (broad SMARTS) is 1. The molecule has 0 aromatic carbocycles. The Bertz CT molecular complexity index is 488. The summed E-state index contributed by atoms with van der Waals surface area (Å²) in [5.41, 5.74) is 5.68. The molecule has 0 spiro atoms. The van der Waals surface area contributed by atoms with Crippen molar-refractivity contribution < 1.29 is 14.4 Å². The zero-order valence-electron chi connectivity index (χ0n) is 17.0. The molecule has 0 radical (unpaired) electrons. The molecule has 5 nitrogen and oxygen atoms in total. The van der Waals surface area contributed by atoms with Gasteiger partial charge in [-0.3, -0.25) is 0 Å². The fourth-order valence-corrected chi connectivity index (χ4v) is 3.79. The Balaban J connectivity index is 2.06. The summed E-state index contributed by atoms with van der Waals surface area (Å²) in [7, 11) is 0. The van der Waals surface area contributed by atoms with Crippen molar-refractivity contribution in [3.63, 3.8) is 0 Å². The summed E-state index contributed by atoms with van der Waals surface area (Å²) >= 11 is 0. The SMILES string of the molecule is C=CCCCCCCCCCCCCCC1=NC=C[N+]1(CCN)CC(=O)[O-]. The predicted molar refractivity (Wildman–Crippen MR) is 111 cm³/mol. The van der Waals surface area contributed by atoms with Crippen LogP contribution in [-0.4, -0.2) is 35.9 Å². The minimum atomic E-state index is -1.05. The van der Waals surface area contributed by atoms with E-state index in [9.17, 15) is 9.90 Å². The number of hydrogen-bond acceptors (Lipinski definition) is 4. The molecule has 5 heteroatoms. The Morgan fingerprint density at radius 1 is 1.04 bits per heavy atom. The van der Waals surface area contributed by atoms with Gasteiger partial charge < -0.3 is 15.6 Å². The van der Waals surface area contributed by atoms with Crippen molar-refractivity contribution >= 4 is 11.8 Å². The van der Waals surface area contributed by atoms with Crippen LogP contribution in [0.2, 0.25) is 0 Å². The van der Waals surface area contributed by atoms with E-state index >= 15 is 0 Å². The molecule has 2 N–H and O–H groups in total. The Labute approximate surface area is 165 Å². The second-order valence-electron chi connectivity index (χ2n) is 7.64. The maximum atomic E-state index is 11.1. The highest BCUT2D eigenvalue weighted by molar-refractivity contribution is 5.80. The third-order valence-corrected chi connectivity index (χ3v) is 5.34. The number of nitrogens with zero attached hydrogens (tertiary/aromatic N) is 2. The molecule has 0 aromatic rings. The van der Waals surface area contributed by atoms with Gasteiger partial charge in [0.05, 0.1) is 12.2 Å². The van der Waals surface area contributed by atoms with Gasteiger partial charge in [-0.1, -0.05) is 63.9 Å². The number of rotatable bonds is 18. The number of allylic oxidation sites excluding steroid dienone is 1. The molecule has 1 rings (SSSR count). The lowest BCUT2D eigenvalue weighted by Crippen LogP contribution is -2.55. The Hall–Kier alpha value is -1.46. The Kier molecular flexibility index (Phi) is 12.7. The van der Waals surface area contributed by atoms with Gasteiger partial charge in [0.15, 0.2) is 0 Å². The Morgan fingerprint density at radius 3 is 2.11 bits per heavy atom. The summed E-state index contributed by atoms with van der Waals surface area (Å²) in [4.78, 5) is 15.5. The average Bonchev–Trinajstić information content (AvgIpc) is 3.00. The minimum Gasteiger partial charge on any atom is -0.544 e. The molecule has 0 saturated heterocycles. The number of carbonyl (C=O) groups excluding carboxylic acids is 1. The van der Waals surface area contributed by atoms with Crippen LogP contribution in [0.1, 0.15) is 83.5 Å². The van der Waals surface area contributed by atoms with E-state index in [1.54, 1.807) is 6.20 Å². The zero-order chi connectivity index (χ0) is 19.8. The van der Waals surface area contributed by atoms with Crippen LogP contribution in [-0.2, 0) is 4.79 Å². The zero-order valence-corrected chi connectivity index (χ0v) is 17.0. The van der Waals surface area contributed by atoms with Crippen molar-refractivity contribution in [2.75, 3.05) is 19.6 Å². The number of aliphatic carboxylic acids is 1. The predicted octanol–water partition coefficient (Wildman–Crippen LogP) is 3.65. The van der Waals surface area contributed by atoms with Gasteiger partial charge in [-0.2, -0.15) is 0 Å². The van der Waals surface area contributed by atoms with Gasteiger partial charge in [0, 0.05) is 13.0 Å². The van der Waals surface area contributed by atoms with Crippen LogP contribution in [0.5, 0.6) is 0 Å². The highest BCUT2D eigenvalue weighted by Crippen LogP contribution is 2.21. The summed E-state index contributed by atoms with van der Waals surface area (Å²) < 4.78 is 0.242. The molecular formula is C22H39N3O2. The van der Waals surface area contributed by atoms with Crippen molar-refractivity contribution in [3.8, 4) is 0 Å². The van der Waals surface area contributed by atoms with E-state index in [1.807, 2.05) is 12.3 Å². The summed E-state index contributed by atoms with van der Waals surface area (Å²) in [6.45, 7) is 4.69. The normalized spacial score (nSPS) is 18.6. The fourth-order valence-electron chi connectivity index (χ4n) is 3.79. The van der Waals surface area contributed by atoms with E-state index in [4.69, 9.17) is 5.73 Å². The summed E-state index contributed by atoms with van der Waals surface area (Å²) in [5, 5.41) is 11.1. The van der Waals surface area contributed by atoms with Crippen molar-refractivity contribution in [1.29, 1.82) is 0 Å². The summed E-state index contributed by atoms with van der Waals surface area (Å²) in [6.07, 6.45) is 21.7. The van der Waals surface area contributed by atoms with Crippen LogP contribution in [0.15, 0.2) is 30.0 Å². The third kappa shape index (κ3) is 9.87. The van der Waals surface area contributed by atoms with Gasteiger partial charge in [-0.05, 0) is 19.3 Å². The molecule has 0 fully saturated rings. The maximum Gasteiger partial charge on any atom is 0.207 e. The van der Waals surface area contributed by atoms with Crippen molar-refractivity contribution in [3.05, 3.63) is 25.1 Å². The molecule has 0 aromatic heterocycles. The number of unbranched alkanes of at least 4 members (excludes halogenated alkanes) is 11. The fraction of sp³-hybridized carbons (Fsp3) is 0.727. The van der Waals surface area contributed by atoms with Crippen LogP contribution in [0, 0.1) is 0 Å². The number of quaternary nitrogens is 1. The molecule has 1 aliphatic heterocycles. The highest BCUT2D eigenvalue weighted by atomic mass is 16.4. The molecular weight excluding hydrogens is 338 g/mol. The van der Waals surface area contributed by atoms with Crippen molar-refractivity contribution in [1.82, 2.24) is 0 Å². The van der Waals surface area contributed by atoms with E-state index in [2.05, 4.69) is 11.6 Å². The first-order valence-electron chi connectivity index (χ1n) is 10.8. The molecule has 0 bridgehead atoms. The second-order valence-corrected chi connectivity index (χ2v) is 7.64. The number of hydrogen-bond donors (Lipinski definition) is 1. The highest BCUT2D eigenvalue weighted by Gasteiger charge is 2.34. The van der Waals surface area contributed by atoms with E-state index in [-0.39, 0.29) is 11.0 Å². The average molecular weight is 378 g/mol. The lowest BCUT2D eigenvalue weighted by atomic mass is 10.0. The maximum absolute atomic E-state index is 11.1. The van der Waals surface area contributed by atoms with Crippen LogP contribution in [0.25, 0.3) is 0 Å². The molecule has 0 saturated carbocycles. The lowest BCUT2D eigenvalue weighted by Gasteiger charge is -2.32. The van der Waals surface area contributed by atoms with Gasteiger partial charge in [0.25, 0.3) is 0 Å². The topological polar surface area (TPSA) is 78.5 Å². The summed E-state index contributed by atoms with van der Waals surface area (Å²) in [5.74, 6) is -0.135. The van der Waals surface area contributed by atoms with Gasteiger partial charge in [0.1, 0.15) is 19.3 Å². The van der Waals surface area contributed by atoms with Gasteiger partial charge in [-0.15, -0.1) is 6.58 Å². The smallest absolute Gasteiger partial charge is 0.207 e. The third-order valence-electron chi connectivity index (χ3n) is 5.34. The first-order valence-corrected chi connectivity index (χ1v) is 10.8. The number of aliphatic imine (C=N–C) groups is 1. The number of carboxylic acids is 1. The van der Waals surface area contributed by atoms with E-state index in [0.29, 0.717) is 13.1 Å². The van der Waals surface area contributed by atoms with E-state index in [0.717, 1.165) is 25.1 Å². The quantitative estimate of drug-likeness (QED) is 0.225. The number of carbonyl (C=O) groups is 1. The van der Waals surface area contributed by atoms with Crippen molar-refractivity contribution in [2.45, 2.75) is 83.5 Å². The molecule has 1 aliphatic rings. The van der Waals surface area contributed by atoms with E-state index < -0.39 is 5.97 Å². The molecule has 1 unspecified atom stereocenters. The van der Waals surface area contributed by atoms with Gasteiger partial charge >= 0.3 is 0 Å². The van der Waals surface area contributed by atoms with Gasteiger partial charge in [-0.25, -0.2) is 9.48 Å². The van der Waals surface area contributed by atoms with Crippen LogP contribution in [0.4, 0.5) is 0 Å². The van der Waals surface area contributed by atoms with E-state index in [1.165, 1.54) is 64.2 Å². The molecule has 154 valence electrons. The number of amidine groups is 1. The molecule has 0 amide bonds. The largest absolute Gasteiger partial charge is 0.544 e. The van der Waals surface area contributed by atoms with Gasteiger partial charge in [0.2, 0.25) is 5.84 Å². The molecule has 27 heavy (non-hydrogen) atoms. The second kappa shape index (κ2) is 14.6. The first-order chi connectivity index (χ1) is 13.1. The monoisotopic (exact) mass is 377 g/mol. The van der Waals surface area contributed by atoms with Crippen LogP contribution >= 0.6 is 0 Å². The number of nitrogens with two attached hydrogens (primary N) is 1. The summed E-state index contributed by atoms with van der Waals surface area (Å²) in [6, 6.07) is 0. The Morgan fingerprint density at radius 2 is 1.59 bits per heavy atom. The minimum absolute atomic E-state index is 0.0693.